The fourth-order valence-corrected chi connectivity index (χ4v) is 6.42. The van der Waals surface area contributed by atoms with Crippen molar-refractivity contribution in [1.29, 1.82) is 0 Å². The molecule has 4 nitrogen and oxygen atoms in total. The number of benzene rings is 3. The molecule has 3 aromatic carbocycles. The number of carbonyl (C=O) groups excluding carboxylic acids is 1. The summed E-state index contributed by atoms with van der Waals surface area (Å²) in [5.74, 6) is 3.69. The van der Waals surface area contributed by atoms with Crippen LogP contribution in [0.4, 0.5) is 0 Å². The second kappa shape index (κ2) is 12.7. The maximum atomic E-state index is 12.5. The van der Waals surface area contributed by atoms with Crippen LogP contribution in [-0.2, 0) is 4.79 Å². The number of esters is 1. The van der Waals surface area contributed by atoms with Gasteiger partial charge in [0.25, 0.3) is 0 Å². The minimum absolute atomic E-state index is 0.230. The number of hydrogen-bond donors (Lipinski definition) is 0. The highest BCUT2D eigenvalue weighted by atomic mass is 16.5. The predicted molar refractivity (Wildman–Crippen MR) is 168 cm³/mol. The monoisotopic (exact) mass is 551 g/mol. The molecule has 0 amide bonds. The second-order valence-electron chi connectivity index (χ2n) is 13.2. The molecule has 0 heterocycles. The largest absolute Gasteiger partial charge is 0.492 e. The maximum absolute atomic E-state index is 12.5. The summed E-state index contributed by atoms with van der Waals surface area (Å²) in [5, 5.41) is 0. The van der Waals surface area contributed by atoms with Gasteiger partial charge in [-0.2, -0.15) is 0 Å². The first kappa shape index (κ1) is 29.1. The fourth-order valence-electron chi connectivity index (χ4n) is 6.42. The van der Waals surface area contributed by atoms with Gasteiger partial charge >= 0.3 is 5.97 Å². The van der Waals surface area contributed by atoms with Crippen LogP contribution in [-0.4, -0.2) is 38.1 Å². The predicted octanol–water partition coefficient (Wildman–Crippen LogP) is 8.36. The lowest BCUT2D eigenvalue weighted by Gasteiger charge is -2.26. The molecule has 41 heavy (non-hydrogen) atoms. The Morgan fingerprint density at radius 1 is 0.805 bits per heavy atom. The van der Waals surface area contributed by atoms with Crippen molar-refractivity contribution in [3.05, 3.63) is 95.6 Å². The highest BCUT2D eigenvalue weighted by molar-refractivity contribution is 5.99. The fraction of sp³-hybridized carbons (Fsp3) is 0.432. The molecule has 0 saturated heterocycles. The van der Waals surface area contributed by atoms with E-state index in [4.69, 9.17) is 9.47 Å². The molecule has 0 aliphatic heterocycles. The Balaban J connectivity index is 1.54. The molecule has 2 aliphatic rings. The van der Waals surface area contributed by atoms with Crippen molar-refractivity contribution in [2.45, 2.75) is 52.9 Å². The molecular formula is C37H45NO3. The van der Waals surface area contributed by atoms with Crippen molar-refractivity contribution in [3.63, 3.8) is 0 Å². The Bertz CT molecular complexity index is 1330. The van der Waals surface area contributed by atoms with Crippen molar-refractivity contribution in [2.75, 3.05) is 27.2 Å². The van der Waals surface area contributed by atoms with E-state index in [0.29, 0.717) is 12.4 Å². The van der Waals surface area contributed by atoms with Gasteiger partial charge < -0.3 is 14.4 Å². The zero-order valence-corrected chi connectivity index (χ0v) is 25.4. The third-order valence-corrected chi connectivity index (χ3v) is 8.69. The molecule has 3 atom stereocenters. The number of carbonyl (C=O) groups is 1. The SMILES string of the molecule is CN(C)CCOc1ccc(/C(=C(\CC2CC3CCC2C3)c2ccccc2)c2ccc(OC(=O)C(C)(C)C)cc2)cc1. The van der Waals surface area contributed by atoms with Gasteiger partial charge in [-0.15, -0.1) is 0 Å². The van der Waals surface area contributed by atoms with Gasteiger partial charge in [-0.3, -0.25) is 4.79 Å². The summed E-state index contributed by atoms with van der Waals surface area (Å²) in [6, 6.07) is 27.5. The summed E-state index contributed by atoms with van der Waals surface area (Å²) in [7, 11) is 4.11. The summed E-state index contributed by atoms with van der Waals surface area (Å²) in [5.41, 5.74) is 5.66. The van der Waals surface area contributed by atoms with Crippen molar-refractivity contribution >= 4 is 17.1 Å². The van der Waals surface area contributed by atoms with Crippen LogP contribution in [0.2, 0.25) is 0 Å². The van der Waals surface area contributed by atoms with Crippen LogP contribution in [0.3, 0.4) is 0 Å². The molecule has 2 aliphatic carbocycles. The molecule has 4 heteroatoms. The average Bonchev–Trinajstić information content (AvgIpc) is 3.58. The summed E-state index contributed by atoms with van der Waals surface area (Å²) < 4.78 is 11.7. The van der Waals surface area contributed by atoms with E-state index in [-0.39, 0.29) is 5.97 Å². The molecule has 0 spiro atoms. The molecule has 0 radical (unpaired) electrons. The Morgan fingerprint density at radius 3 is 1.98 bits per heavy atom. The Kier molecular flexibility index (Phi) is 8.99. The zero-order chi connectivity index (χ0) is 29.0. The van der Waals surface area contributed by atoms with Crippen LogP contribution in [0.5, 0.6) is 11.5 Å². The molecule has 2 fully saturated rings. The average molecular weight is 552 g/mol. The van der Waals surface area contributed by atoms with Gasteiger partial charge in [0.15, 0.2) is 0 Å². The van der Waals surface area contributed by atoms with E-state index in [2.05, 4.69) is 85.7 Å². The number of hydrogen-bond acceptors (Lipinski definition) is 4. The molecular weight excluding hydrogens is 506 g/mol. The number of allylic oxidation sites excluding steroid dienone is 1. The van der Waals surface area contributed by atoms with Gasteiger partial charge in [0.05, 0.1) is 5.41 Å². The maximum Gasteiger partial charge on any atom is 0.316 e. The highest BCUT2D eigenvalue weighted by Crippen LogP contribution is 2.52. The van der Waals surface area contributed by atoms with Crippen molar-refractivity contribution < 1.29 is 14.3 Å². The molecule has 3 aromatic rings. The Morgan fingerprint density at radius 2 is 1.44 bits per heavy atom. The molecule has 0 N–H and O–H groups in total. The van der Waals surface area contributed by atoms with Crippen LogP contribution in [0, 0.1) is 23.2 Å². The van der Waals surface area contributed by atoms with Gasteiger partial charge in [-0.25, -0.2) is 0 Å². The lowest BCUT2D eigenvalue weighted by atomic mass is 9.79. The summed E-state index contributed by atoms with van der Waals surface area (Å²) in [6.07, 6.45) is 6.59. The van der Waals surface area contributed by atoms with Crippen LogP contribution in [0.15, 0.2) is 78.9 Å². The van der Waals surface area contributed by atoms with Gasteiger partial charge in [0, 0.05) is 6.54 Å². The summed E-state index contributed by atoms with van der Waals surface area (Å²) in [4.78, 5) is 14.6. The van der Waals surface area contributed by atoms with Gasteiger partial charge in [0.2, 0.25) is 0 Å². The number of nitrogens with zero attached hydrogens (tertiary/aromatic N) is 1. The van der Waals surface area contributed by atoms with E-state index in [1.165, 1.54) is 48.0 Å². The topological polar surface area (TPSA) is 38.8 Å². The Hall–Kier alpha value is -3.37. The lowest BCUT2D eigenvalue weighted by Crippen LogP contribution is -2.25. The Labute approximate surface area is 246 Å². The third-order valence-electron chi connectivity index (χ3n) is 8.69. The number of ether oxygens (including phenoxy) is 2. The van der Waals surface area contributed by atoms with Gasteiger partial charge in [-0.1, -0.05) is 61.0 Å². The van der Waals surface area contributed by atoms with Gasteiger partial charge in [0.1, 0.15) is 18.1 Å². The molecule has 216 valence electrons. The number of likely N-dealkylation sites (N-methyl/N-ethyl adjacent to an activating group) is 1. The normalized spacial score (nSPS) is 20.7. The first-order chi connectivity index (χ1) is 19.7. The smallest absolute Gasteiger partial charge is 0.316 e. The highest BCUT2D eigenvalue weighted by Gasteiger charge is 2.40. The van der Waals surface area contributed by atoms with Crippen LogP contribution >= 0.6 is 0 Å². The molecule has 2 saturated carbocycles. The zero-order valence-electron chi connectivity index (χ0n) is 25.4. The van der Waals surface area contributed by atoms with E-state index in [1.54, 1.807) is 0 Å². The lowest BCUT2D eigenvalue weighted by molar-refractivity contribution is -0.143. The van der Waals surface area contributed by atoms with E-state index < -0.39 is 5.41 Å². The minimum Gasteiger partial charge on any atom is -0.492 e. The quantitative estimate of drug-likeness (QED) is 0.144. The minimum atomic E-state index is -0.554. The van der Waals surface area contributed by atoms with Gasteiger partial charge in [-0.05, 0) is 130 Å². The third kappa shape index (κ3) is 7.29. The van der Waals surface area contributed by atoms with Crippen LogP contribution in [0.25, 0.3) is 11.1 Å². The van der Waals surface area contributed by atoms with Crippen molar-refractivity contribution in [2.24, 2.45) is 23.2 Å². The second-order valence-corrected chi connectivity index (χ2v) is 13.2. The molecule has 0 aromatic heterocycles. The molecule has 2 bridgehead atoms. The van der Waals surface area contributed by atoms with Crippen LogP contribution in [0.1, 0.15) is 69.6 Å². The number of fused-ring (bicyclic) bond motifs is 2. The number of rotatable bonds is 10. The summed E-state index contributed by atoms with van der Waals surface area (Å²) in [6.45, 7) is 7.16. The molecule has 5 rings (SSSR count). The van der Waals surface area contributed by atoms with E-state index in [1.807, 2.05) is 32.9 Å². The van der Waals surface area contributed by atoms with Crippen molar-refractivity contribution in [1.82, 2.24) is 4.90 Å². The molecule has 3 unspecified atom stereocenters. The standard InChI is InChI=1S/C37H45NO3/c1-37(2,3)36(39)41-33-19-15-29(16-20-33)35(28-13-17-32(18-14-28)40-22-21-38(4)5)34(27-9-7-6-8-10-27)25-31-24-26-11-12-30(31)23-26/h6-10,13-20,26,30-31H,11-12,21-25H2,1-5H3/b35-34-. The van der Waals surface area contributed by atoms with E-state index in [9.17, 15) is 4.79 Å². The van der Waals surface area contributed by atoms with E-state index >= 15 is 0 Å². The van der Waals surface area contributed by atoms with Crippen molar-refractivity contribution in [3.8, 4) is 11.5 Å². The first-order valence-electron chi connectivity index (χ1n) is 15.2. The van der Waals surface area contributed by atoms with E-state index in [0.717, 1.165) is 42.0 Å². The first-order valence-corrected chi connectivity index (χ1v) is 15.2. The van der Waals surface area contributed by atoms with Crippen LogP contribution < -0.4 is 9.47 Å². The summed E-state index contributed by atoms with van der Waals surface area (Å²) >= 11 is 0.